The van der Waals surface area contributed by atoms with Crippen molar-refractivity contribution in [1.82, 2.24) is 0 Å². The molecule has 0 atom stereocenters. The SMILES string of the molecule is NCCCN(Cc1ccco1)c1ccc(F)cc1F. The summed E-state index contributed by atoms with van der Waals surface area (Å²) in [6.45, 7) is 1.52. The van der Waals surface area contributed by atoms with E-state index in [4.69, 9.17) is 10.2 Å². The Hall–Kier alpha value is -1.88. The van der Waals surface area contributed by atoms with Gasteiger partial charge in [-0.25, -0.2) is 8.78 Å². The van der Waals surface area contributed by atoms with Crippen molar-refractivity contribution >= 4 is 5.69 Å². The second-order valence-electron chi connectivity index (χ2n) is 4.24. The summed E-state index contributed by atoms with van der Waals surface area (Å²) in [7, 11) is 0. The lowest BCUT2D eigenvalue weighted by Crippen LogP contribution is -2.26. The Morgan fingerprint density at radius 3 is 2.68 bits per heavy atom. The quantitative estimate of drug-likeness (QED) is 0.874. The first kappa shape index (κ1) is 13.5. The number of nitrogens with two attached hydrogens (primary N) is 1. The highest BCUT2D eigenvalue weighted by Crippen LogP contribution is 2.22. The fourth-order valence-electron chi connectivity index (χ4n) is 1.90. The van der Waals surface area contributed by atoms with Crippen LogP contribution in [0.25, 0.3) is 0 Å². The van der Waals surface area contributed by atoms with Gasteiger partial charge in [0, 0.05) is 12.6 Å². The van der Waals surface area contributed by atoms with E-state index in [2.05, 4.69) is 0 Å². The van der Waals surface area contributed by atoms with Crippen molar-refractivity contribution in [2.45, 2.75) is 13.0 Å². The van der Waals surface area contributed by atoms with Gasteiger partial charge < -0.3 is 15.1 Å². The number of rotatable bonds is 6. The molecule has 0 unspecified atom stereocenters. The van der Waals surface area contributed by atoms with Crippen LogP contribution in [0.2, 0.25) is 0 Å². The van der Waals surface area contributed by atoms with Crippen LogP contribution in [0.5, 0.6) is 0 Å². The molecule has 1 aromatic heterocycles. The van der Waals surface area contributed by atoms with E-state index in [-0.39, 0.29) is 0 Å². The van der Waals surface area contributed by atoms with Crippen LogP contribution in [0.1, 0.15) is 12.2 Å². The minimum atomic E-state index is -0.585. The first-order valence-electron chi connectivity index (χ1n) is 6.13. The van der Waals surface area contributed by atoms with E-state index in [0.717, 1.165) is 18.2 Å². The van der Waals surface area contributed by atoms with Gasteiger partial charge in [-0.15, -0.1) is 0 Å². The second kappa shape index (κ2) is 6.33. The number of furan rings is 1. The van der Waals surface area contributed by atoms with Crippen LogP contribution in [-0.4, -0.2) is 13.1 Å². The zero-order chi connectivity index (χ0) is 13.7. The maximum absolute atomic E-state index is 13.8. The third-order valence-electron chi connectivity index (χ3n) is 2.81. The summed E-state index contributed by atoms with van der Waals surface area (Å²) < 4.78 is 32.0. The van der Waals surface area contributed by atoms with Crippen molar-refractivity contribution in [2.24, 2.45) is 5.73 Å². The molecule has 1 aromatic carbocycles. The molecule has 5 heteroatoms. The van der Waals surface area contributed by atoms with Crippen LogP contribution < -0.4 is 10.6 Å². The Bertz CT molecular complexity index is 514. The molecule has 0 saturated heterocycles. The molecular weight excluding hydrogens is 250 g/mol. The van der Waals surface area contributed by atoms with Crippen LogP contribution in [0.3, 0.4) is 0 Å². The molecule has 0 bridgehead atoms. The molecule has 102 valence electrons. The normalized spacial score (nSPS) is 10.7. The van der Waals surface area contributed by atoms with Crippen LogP contribution in [0, 0.1) is 11.6 Å². The Morgan fingerprint density at radius 2 is 2.05 bits per heavy atom. The summed E-state index contributed by atoms with van der Waals surface area (Å²) in [5.74, 6) is -0.442. The van der Waals surface area contributed by atoms with E-state index in [1.54, 1.807) is 17.2 Å². The summed E-state index contributed by atoms with van der Waals surface area (Å²) in [4.78, 5) is 1.79. The number of hydrogen-bond donors (Lipinski definition) is 1. The predicted octanol–water partition coefficient (Wildman–Crippen LogP) is 2.91. The van der Waals surface area contributed by atoms with Gasteiger partial charge in [0.1, 0.15) is 17.4 Å². The molecular formula is C14H16F2N2O. The summed E-state index contributed by atoms with van der Waals surface area (Å²) in [5.41, 5.74) is 5.84. The van der Waals surface area contributed by atoms with Crippen LogP contribution in [0.15, 0.2) is 41.0 Å². The zero-order valence-electron chi connectivity index (χ0n) is 10.5. The molecule has 0 amide bonds. The Morgan fingerprint density at radius 1 is 1.21 bits per heavy atom. The highest BCUT2D eigenvalue weighted by atomic mass is 19.1. The van der Waals surface area contributed by atoms with Gasteiger partial charge in [0.05, 0.1) is 18.5 Å². The van der Waals surface area contributed by atoms with Crippen LogP contribution >= 0.6 is 0 Å². The van der Waals surface area contributed by atoms with Crippen molar-refractivity contribution in [3.63, 3.8) is 0 Å². The zero-order valence-corrected chi connectivity index (χ0v) is 10.5. The van der Waals surface area contributed by atoms with E-state index >= 15 is 0 Å². The Labute approximate surface area is 110 Å². The van der Waals surface area contributed by atoms with Gasteiger partial charge in [-0.2, -0.15) is 0 Å². The molecule has 0 saturated carbocycles. The molecule has 3 nitrogen and oxygen atoms in total. The fraction of sp³-hybridized carbons (Fsp3) is 0.286. The summed E-state index contributed by atoms with van der Waals surface area (Å²) >= 11 is 0. The van der Waals surface area contributed by atoms with Gasteiger partial charge in [0.2, 0.25) is 0 Å². The van der Waals surface area contributed by atoms with Gasteiger partial charge in [0.15, 0.2) is 0 Å². The lowest BCUT2D eigenvalue weighted by atomic mass is 10.2. The molecule has 0 radical (unpaired) electrons. The molecule has 0 aliphatic carbocycles. The minimum Gasteiger partial charge on any atom is -0.467 e. The highest BCUT2D eigenvalue weighted by Gasteiger charge is 2.13. The third kappa shape index (κ3) is 3.54. The summed E-state index contributed by atoms with van der Waals surface area (Å²) in [6, 6.07) is 7.15. The van der Waals surface area contributed by atoms with Crippen LogP contribution in [0.4, 0.5) is 14.5 Å². The Balaban J connectivity index is 2.20. The monoisotopic (exact) mass is 266 g/mol. The van der Waals surface area contributed by atoms with Crippen molar-refractivity contribution in [3.8, 4) is 0 Å². The number of anilines is 1. The van der Waals surface area contributed by atoms with E-state index in [1.807, 2.05) is 6.07 Å². The van der Waals surface area contributed by atoms with Gasteiger partial charge in [-0.1, -0.05) is 0 Å². The minimum absolute atomic E-state index is 0.353. The second-order valence-corrected chi connectivity index (χ2v) is 4.24. The average Bonchev–Trinajstić information content (AvgIpc) is 2.88. The van der Waals surface area contributed by atoms with E-state index in [9.17, 15) is 8.78 Å². The molecule has 0 spiro atoms. The van der Waals surface area contributed by atoms with Crippen LogP contribution in [-0.2, 0) is 6.54 Å². The van der Waals surface area contributed by atoms with Gasteiger partial charge in [-0.05, 0) is 37.2 Å². The standard InChI is InChI=1S/C14H16F2N2O/c15-11-4-5-14(13(16)9-11)18(7-2-6-17)10-12-3-1-8-19-12/h1,3-5,8-9H,2,6-7,10,17H2. The molecule has 2 aromatic rings. The number of benzene rings is 1. The van der Waals surface area contributed by atoms with Gasteiger partial charge >= 0.3 is 0 Å². The highest BCUT2D eigenvalue weighted by molar-refractivity contribution is 5.48. The first-order valence-corrected chi connectivity index (χ1v) is 6.13. The van der Waals surface area contributed by atoms with Crippen molar-refractivity contribution in [1.29, 1.82) is 0 Å². The lowest BCUT2D eigenvalue weighted by molar-refractivity contribution is 0.497. The van der Waals surface area contributed by atoms with Crippen molar-refractivity contribution in [2.75, 3.05) is 18.0 Å². The Kier molecular flexibility index (Phi) is 4.52. The topological polar surface area (TPSA) is 42.4 Å². The number of hydrogen-bond acceptors (Lipinski definition) is 3. The van der Waals surface area contributed by atoms with E-state index in [1.165, 1.54) is 12.1 Å². The van der Waals surface area contributed by atoms with Gasteiger partial charge in [0.25, 0.3) is 0 Å². The molecule has 0 fully saturated rings. The molecule has 2 rings (SSSR count). The summed E-state index contributed by atoms with van der Waals surface area (Å²) in [6.07, 6.45) is 2.29. The fourth-order valence-corrected chi connectivity index (χ4v) is 1.90. The number of halogens is 2. The molecule has 2 N–H and O–H groups in total. The number of nitrogens with zero attached hydrogens (tertiary/aromatic N) is 1. The van der Waals surface area contributed by atoms with Crippen molar-refractivity contribution < 1.29 is 13.2 Å². The first-order chi connectivity index (χ1) is 9.20. The lowest BCUT2D eigenvalue weighted by Gasteiger charge is -2.24. The molecule has 0 aliphatic heterocycles. The summed E-state index contributed by atoms with van der Waals surface area (Å²) in [5, 5.41) is 0. The molecule has 19 heavy (non-hydrogen) atoms. The maximum atomic E-state index is 13.8. The predicted molar refractivity (Wildman–Crippen MR) is 69.8 cm³/mol. The van der Waals surface area contributed by atoms with E-state index < -0.39 is 11.6 Å². The van der Waals surface area contributed by atoms with Crippen molar-refractivity contribution in [3.05, 3.63) is 54.0 Å². The smallest absolute Gasteiger partial charge is 0.149 e. The average molecular weight is 266 g/mol. The third-order valence-corrected chi connectivity index (χ3v) is 2.81. The maximum Gasteiger partial charge on any atom is 0.149 e. The van der Waals surface area contributed by atoms with E-state index in [0.29, 0.717) is 25.3 Å². The molecule has 1 heterocycles. The van der Waals surface area contributed by atoms with Gasteiger partial charge in [-0.3, -0.25) is 0 Å². The molecule has 0 aliphatic rings. The largest absolute Gasteiger partial charge is 0.467 e.